The van der Waals surface area contributed by atoms with Crippen LogP contribution in [-0.2, 0) is 6.42 Å². The molecule has 0 saturated heterocycles. The van der Waals surface area contributed by atoms with Crippen molar-refractivity contribution in [2.24, 2.45) is 0 Å². The minimum atomic E-state index is 0.500. The van der Waals surface area contributed by atoms with Crippen molar-refractivity contribution < 1.29 is 0 Å². The van der Waals surface area contributed by atoms with Crippen molar-refractivity contribution in [2.45, 2.75) is 11.3 Å². The van der Waals surface area contributed by atoms with Gasteiger partial charge < -0.3 is 5.32 Å². The zero-order valence-corrected chi connectivity index (χ0v) is 8.03. The number of hydrogen-bond acceptors (Lipinski definition) is 3. The van der Waals surface area contributed by atoms with Gasteiger partial charge in [0.15, 0.2) is 0 Å². The largest absolute Gasteiger partial charge is 0.383 e. The second-order valence-corrected chi connectivity index (χ2v) is 4.08. The summed E-state index contributed by atoms with van der Waals surface area (Å²) in [6.45, 7) is 1.02. The lowest BCUT2D eigenvalue weighted by atomic mass is 10.1. The normalized spacial score (nSPS) is 14.1. The highest BCUT2D eigenvalue weighted by Gasteiger charge is 2.08. The quantitative estimate of drug-likeness (QED) is 0.738. The molecular formula is C10H10N2S. The fourth-order valence-electron chi connectivity index (χ4n) is 1.39. The van der Waals surface area contributed by atoms with Gasteiger partial charge in [0.2, 0.25) is 0 Å². The summed E-state index contributed by atoms with van der Waals surface area (Å²) in [5, 5.41) is 11.9. The summed E-state index contributed by atoms with van der Waals surface area (Å²) in [4.78, 5) is 1.30. The van der Waals surface area contributed by atoms with E-state index in [9.17, 15) is 0 Å². The number of fused-ring (bicyclic) bond motifs is 1. The van der Waals surface area contributed by atoms with Crippen LogP contribution in [0.5, 0.6) is 0 Å². The predicted octanol–water partition coefficient (Wildman–Crippen LogP) is 2.27. The highest BCUT2D eigenvalue weighted by Crippen LogP contribution is 2.31. The first kappa shape index (κ1) is 8.46. The van der Waals surface area contributed by atoms with Gasteiger partial charge in [0, 0.05) is 22.9 Å². The molecule has 1 aromatic carbocycles. The molecule has 1 aliphatic rings. The highest BCUT2D eigenvalue weighted by atomic mass is 32.2. The van der Waals surface area contributed by atoms with E-state index in [-0.39, 0.29) is 0 Å². The molecule has 0 atom stereocenters. The molecule has 0 saturated carbocycles. The van der Waals surface area contributed by atoms with Crippen molar-refractivity contribution >= 4 is 17.4 Å². The molecule has 13 heavy (non-hydrogen) atoms. The van der Waals surface area contributed by atoms with Crippen LogP contribution in [0, 0.1) is 11.3 Å². The van der Waals surface area contributed by atoms with Gasteiger partial charge in [-0.15, -0.1) is 11.8 Å². The molecule has 0 fully saturated rings. The third-order valence-corrected chi connectivity index (χ3v) is 3.08. The molecule has 66 valence electrons. The Balaban J connectivity index is 2.31. The molecule has 1 aliphatic heterocycles. The van der Waals surface area contributed by atoms with E-state index in [0.29, 0.717) is 6.42 Å². The molecule has 0 aromatic heterocycles. The van der Waals surface area contributed by atoms with Gasteiger partial charge in [-0.1, -0.05) is 6.07 Å². The molecule has 2 nitrogen and oxygen atoms in total. The number of hydrogen-bond donors (Lipinski definition) is 1. The first-order valence-electron chi connectivity index (χ1n) is 4.27. The summed E-state index contributed by atoms with van der Waals surface area (Å²) in [7, 11) is 0. The van der Waals surface area contributed by atoms with E-state index < -0.39 is 0 Å². The Labute approximate surface area is 82.0 Å². The molecule has 0 bridgehead atoms. The first-order valence-corrected chi connectivity index (χ1v) is 5.25. The van der Waals surface area contributed by atoms with Crippen LogP contribution in [0.1, 0.15) is 5.56 Å². The van der Waals surface area contributed by atoms with Gasteiger partial charge in [-0.05, 0) is 17.7 Å². The van der Waals surface area contributed by atoms with Gasteiger partial charge in [0.25, 0.3) is 0 Å². The SMILES string of the molecule is N#CCc1ccc2c(c1)NCCS2. The van der Waals surface area contributed by atoms with Crippen LogP contribution in [0.2, 0.25) is 0 Å². The molecule has 0 unspecified atom stereocenters. The van der Waals surface area contributed by atoms with Crippen molar-refractivity contribution in [1.29, 1.82) is 5.26 Å². The first-order chi connectivity index (χ1) is 6.40. The van der Waals surface area contributed by atoms with Gasteiger partial charge in [0.1, 0.15) is 0 Å². The maximum Gasteiger partial charge on any atom is 0.0669 e. The number of nitriles is 1. The maximum absolute atomic E-state index is 8.55. The van der Waals surface area contributed by atoms with Gasteiger partial charge in [0.05, 0.1) is 12.5 Å². The van der Waals surface area contributed by atoms with E-state index in [1.54, 1.807) is 0 Å². The lowest BCUT2D eigenvalue weighted by Crippen LogP contribution is -2.10. The Morgan fingerprint density at radius 3 is 3.31 bits per heavy atom. The van der Waals surface area contributed by atoms with E-state index in [0.717, 1.165) is 17.9 Å². The summed E-state index contributed by atoms with van der Waals surface area (Å²) in [6, 6.07) is 8.36. The van der Waals surface area contributed by atoms with Crippen LogP contribution < -0.4 is 5.32 Å². The van der Waals surface area contributed by atoms with E-state index in [1.165, 1.54) is 10.6 Å². The summed E-state index contributed by atoms with van der Waals surface area (Å²) < 4.78 is 0. The molecule has 0 aliphatic carbocycles. The van der Waals surface area contributed by atoms with Crippen LogP contribution in [0.25, 0.3) is 0 Å². The number of nitrogens with zero attached hydrogens (tertiary/aromatic N) is 1. The number of thioether (sulfide) groups is 1. The average Bonchev–Trinajstić information content (AvgIpc) is 2.18. The van der Waals surface area contributed by atoms with Crippen LogP contribution in [0.15, 0.2) is 23.1 Å². The smallest absolute Gasteiger partial charge is 0.0669 e. The zero-order chi connectivity index (χ0) is 9.10. The average molecular weight is 190 g/mol. The maximum atomic E-state index is 8.55. The Hall–Kier alpha value is -1.14. The number of rotatable bonds is 1. The number of anilines is 1. The zero-order valence-electron chi connectivity index (χ0n) is 7.21. The number of nitrogens with one attached hydrogen (secondary N) is 1. The fraction of sp³-hybridized carbons (Fsp3) is 0.300. The lowest BCUT2D eigenvalue weighted by molar-refractivity contribution is 1.15. The number of benzene rings is 1. The highest BCUT2D eigenvalue weighted by molar-refractivity contribution is 7.99. The monoisotopic (exact) mass is 190 g/mol. The molecule has 3 heteroatoms. The van der Waals surface area contributed by atoms with Crippen molar-refractivity contribution in [3.63, 3.8) is 0 Å². The topological polar surface area (TPSA) is 35.8 Å². The minimum Gasteiger partial charge on any atom is -0.383 e. The molecule has 0 amide bonds. The summed E-state index contributed by atoms with van der Waals surface area (Å²) >= 11 is 1.87. The molecule has 0 spiro atoms. The van der Waals surface area contributed by atoms with Gasteiger partial charge >= 0.3 is 0 Å². The van der Waals surface area contributed by atoms with E-state index in [2.05, 4.69) is 23.5 Å². The second kappa shape index (κ2) is 3.71. The third kappa shape index (κ3) is 1.78. The van der Waals surface area contributed by atoms with Crippen LogP contribution in [0.3, 0.4) is 0 Å². The Bertz CT molecular complexity index is 354. The van der Waals surface area contributed by atoms with Crippen LogP contribution in [-0.4, -0.2) is 12.3 Å². The molecule has 0 radical (unpaired) electrons. The molecule has 1 aromatic rings. The Morgan fingerprint density at radius 1 is 1.54 bits per heavy atom. The van der Waals surface area contributed by atoms with Crippen molar-refractivity contribution in [2.75, 3.05) is 17.6 Å². The van der Waals surface area contributed by atoms with Gasteiger partial charge in [-0.3, -0.25) is 0 Å². The molecular weight excluding hydrogens is 180 g/mol. The standard InChI is InChI=1S/C10H10N2S/c11-4-3-8-1-2-10-9(7-8)12-5-6-13-10/h1-2,7,12H,3,5-6H2. The van der Waals surface area contributed by atoms with E-state index in [4.69, 9.17) is 5.26 Å². The third-order valence-electron chi connectivity index (χ3n) is 2.00. The minimum absolute atomic E-state index is 0.500. The fourth-order valence-corrected chi connectivity index (χ4v) is 2.26. The molecule has 1 heterocycles. The predicted molar refractivity (Wildman–Crippen MR) is 55.0 cm³/mol. The van der Waals surface area contributed by atoms with Crippen LogP contribution >= 0.6 is 11.8 Å². The summed E-state index contributed by atoms with van der Waals surface area (Å²) in [6.07, 6.45) is 0.500. The second-order valence-electron chi connectivity index (χ2n) is 2.94. The van der Waals surface area contributed by atoms with Crippen molar-refractivity contribution in [3.8, 4) is 6.07 Å². The Kier molecular flexibility index (Phi) is 2.42. The van der Waals surface area contributed by atoms with Crippen molar-refractivity contribution in [3.05, 3.63) is 23.8 Å². The van der Waals surface area contributed by atoms with Gasteiger partial charge in [-0.25, -0.2) is 0 Å². The summed E-state index contributed by atoms with van der Waals surface area (Å²) in [5.41, 5.74) is 2.28. The lowest BCUT2D eigenvalue weighted by Gasteiger charge is -2.17. The van der Waals surface area contributed by atoms with E-state index >= 15 is 0 Å². The van der Waals surface area contributed by atoms with Crippen LogP contribution in [0.4, 0.5) is 5.69 Å². The van der Waals surface area contributed by atoms with E-state index in [1.807, 2.05) is 17.8 Å². The van der Waals surface area contributed by atoms with Crippen molar-refractivity contribution in [1.82, 2.24) is 0 Å². The molecule has 1 N–H and O–H groups in total. The van der Waals surface area contributed by atoms with Gasteiger partial charge in [-0.2, -0.15) is 5.26 Å². The Morgan fingerprint density at radius 2 is 2.46 bits per heavy atom. The summed E-state index contributed by atoms with van der Waals surface area (Å²) in [5.74, 6) is 1.13. The molecule has 2 rings (SSSR count).